The third kappa shape index (κ3) is 17.3. The van der Waals surface area contributed by atoms with E-state index < -0.39 is 24.3 Å². The Morgan fingerprint density at radius 3 is 1.81 bits per heavy atom. The number of unbranched alkanes of at least 4 members (excludes halogenated alkanes) is 1. The molecule has 1 aromatic carbocycles. The van der Waals surface area contributed by atoms with Gasteiger partial charge in [-0.05, 0) is 24.5 Å². The number of alkyl halides is 6. The SMILES string of the molecule is NC(=O)CCc1ccccc1NCCCC=O.O=C(O)C(F)(F)F.O=C(O)C(F)(F)F. The highest BCUT2D eigenvalue weighted by Crippen LogP contribution is 2.17. The highest BCUT2D eigenvalue weighted by molar-refractivity contribution is 5.74. The Bertz CT molecular complexity index is 698. The van der Waals surface area contributed by atoms with Crippen molar-refractivity contribution in [2.24, 2.45) is 5.73 Å². The van der Waals surface area contributed by atoms with Crippen LogP contribution < -0.4 is 11.1 Å². The van der Waals surface area contributed by atoms with Crippen molar-refractivity contribution in [2.45, 2.75) is 38.0 Å². The van der Waals surface area contributed by atoms with Gasteiger partial charge >= 0.3 is 24.3 Å². The highest BCUT2D eigenvalue weighted by atomic mass is 19.4. The van der Waals surface area contributed by atoms with Gasteiger partial charge in [-0.15, -0.1) is 0 Å². The van der Waals surface area contributed by atoms with Crippen LogP contribution in [-0.2, 0) is 25.6 Å². The monoisotopic (exact) mass is 462 g/mol. The molecule has 0 aromatic heterocycles. The summed E-state index contributed by atoms with van der Waals surface area (Å²) in [6.45, 7) is 0.756. The van der Waals surface area contributed by atoms with Crippen molar-refractivity contribution in [3.63, 3.8) is 0 Å². The summed E-state index contributed by atoms with van der Waals surface area (Å²) >= 11 is 0. The van der Waals surface area contributed by atoms with Crippen LogP contribution >= 0.6 is 0 Å². The number of carbonyl (C=O) groups is 4. The number of amides is 1. The number of carbonyl (C=O) groups excluding carboxylic acids is 2. The fourth-order valence-electron chi connectivity index (χ4n) is 1.58. The van der Waals surface area contributed by atoms with E-state index in [2.05, 4.69) is 5.32 Å². The summed E-state index contributed by atoms with van der Waals surface area (Å²) < 4.78 is 63.5. The van der Waals surface area contributed by atoms with Crippen LogP contribution in [-0.4, -0.2) is 53.2 Å². The molecule has 0 bridgehead atoms. The maximum atomic E-state index is 10.7. The van der Waals surface area contributed by atoms with E-state index in [-0.39, 0.29) is 5.91 Å². The van der Waals surface area contributed by atoms with Gasteiger partial charge in [-0.25, -0.2) is 9.59 Å². The molecule has 1 amide bonds. The first kappa shape index (κ1) is 29.9. The van der Waals surface area contributed by atoms with E-state index in [4.69, 9.17) is 25.5 Å². The van der Waals surface area contributed by atoms with E-state index in [9.17, 15) is 35.9 Å². The van der Waals surface area contributed by atoms with Gasteiger partial charge in [-0.2, -0.15) is 26.3 Å². The molecular weight excluding hydrogens is 442 g/mol. The standard InChI is InChI=1S/C13H18N2O2.2C2HF3O2/c14-13(17)8-7-11-5-1-2-6-12(11)15-9-3-4-10-16;2*3-2(4,5)1(6)7/h1-2,5-6,10,15H,3-4,7-9H2,(H2,14,17);2*(H,6,7). The van der Waals surface area contributed by atoms with Gasteiger partial charge in [0.2, 0.25) is 5.91 Å². The predicted molar refractivity (Wildman–Crippen MR) is 95.1 cm³/mol. The maximum absolute atomic E-state index is 10.7. The number of aryl methyl sites for hydroxylation is 1. The van der Waals surface area contributed by atoms with Crippen LogP contribution in [0.3, 0.4) is 0 Å². The lowest BCUT2D eigenvalue weighted by atomic mass is 10.1. The molecule has 0 aliphatic carbocycles. The van der Waals surface area contributed by atoms with Crippen LogP contribution in [0.1, 0.15) is 24.8 Å². The molecule has 0 fully saturated rings. The number of para-hydroxylation sites is 1. The van der Waals surface area contributed by atoms with E-state index in [0.29, 0.717) is 19.3 Å². The Balaban J connectivity index is 0. The summed E-state index contributed by atoms with van der Waals surface area (Å²) in [4.78, 5) is 38.7. The highest BCUT2D eigenvalue weighted by Gasteiger charge is 2.38. The summed E-state index contributed by atoms with van der Waals surface area (Å²) in [5, 5.41) is 17.5. The van der Waals surface area contributed by atoms with Crippen molar-refractivity contribution in [1.29, 1.82) is 0 Å². The maximum Gasteiger partial charge on any atom is 0.490 e. The molecule has 5 N–H and O–H groups in total. The number of hydrogen-bond donors (Lipinski definition) is 4. The molecule has 8 nitrogen and oxygen atoms in total. The topological polar surface area (TPSA) is 147 Å². The second kappa shape index (κ2) is 14.6. The number of rotatable bonds is 8. The predicted octanol–water partition coefficient (Wildman–Crippen LogP) is 2.76. The number of anilines is 1. The number of nitrogens with one attached hydrogen (secondary N) is 1. The molecule has 176 valence electrons. The van der Waals surface area contributed by atoms with Crippen molar-refractivity contribution in [1.82, 2.24) is 0 Å². The summed E-state index contributed by atoms with van der Waals surface area (Å²) in [6.07, 6.45) is -6.87. The smallest absolute Gasteiger partial charge is 0.475 e. The minimum absolute atomic E-state index is 0.291. The van der Waals surface area contributed by atoms with Crippen LogP contribution in [0, 0.1) is 0 Å². The van der Waals surface area contributed by atoms with E-state index in [0.717, 1.165) is 30.5 Å². The van der Waals surface area contributed by atoms with Crippen LogP contribution in [0.4, 0.5) is 32.0 Å². The van der Waals surface area contributed by atoms with Crippen molar-refractivity contribution >= 4 is 29.8 Å². The number of hydrogen-bond acceptors (Lipinski definition) is 5. The molecule has 0 spiro atoms. The number of aldehydes is 1. The molecule has 0 saturated carbocycles. The molecular formula is C17H20F6N2O6. The van der Waals surface area contributed by atoms with Crippen molar-refractivity contribution in [2.75, 3.05) is 11.9 Å². The molecule has 0 atom stereocenters. The van der Waals surface area contributed by atoms with Crippen molar-refractivity contribution in [3.8, 4) is 0 Å². The van der Waals surface area contributed by atoms with Gasteiger partial charge < -0.3 is 26.1 Å². The third-order valence-corrected chi connectivity index (χ3v) is 2.96. The first-order valence-corrected chi connectivity index (χ1v) is 8.26. The van der Waals surface area contributed by atoms with Crippen LogP contribution in [0.25, 0.3) is 0 Å². The van der Waals surface area contributed by atoms with Crippen LogP contribution in [0.15, 0.2) is 24.3 Å². The fraction of sp³-hybridized carbons (Fsp3) is 0.412. The number of benzene rings is 1. The van der Waals surface area contributed by atoms with E-state index in [1.165, 1.54) is 0 Å². The van der Waals surface area contributed by atoms with Gasteiger partial charge in [-0.1, -0.05) is 18.2 Å². The molecule has 0 aliphatic rings. The molecule has 0 aliphatic heterocycles. The number of aliphatic carboxylic acids is 2. The summed E-state index contributed by atoms with van der Waals surface area (Å²) in [7, 11) is 0. The third-order valence-electron chi connectivity index (χ3n) is 2.96. The zero-order chi connectivity index (χ0) is 24.7. The number of carboxylic acids is 2. The number of carboxylic acid groups (broad SMARTS) is 2. The lowest BCUT2D eigenvalue weighted by molar-refractivity contribution is -0.193. The fourth-order valence-corrected chi connectivity index (χ4v) is 1.58. The zero-order valence-corrected chi connectivity index (χ0v) is 15.8. The first-order chi connectivity index (χ1) is 14.1. The molecule has 0 radical (unpaired) electrons. The Kier molecular flexibility index (Phi) is 14.1. The van der Waals surface area contributed by atoms with Crippen LogP contribution in [0.5, 0.6) is 0 Å². The van der Waals surface area contributed by atoms with Gasteiger partial charge in [0.05, 0.1) is 0 Å². The molecule has 0 unspecified atom stereocenters. The van der Waals surface area contributed by atoms with Gasteiger partial charge in [0.1, 0.15) is 6.29 Å². The van der Waals surface area contributed by atoms with E-state index >= 15 is 0 Å². The van der Waals surface area contributed by atoms with E-state index in [1.807, 2.05) is 24.3 Å². The lowest BCUT2D eigenvalue weighted by Gasteiger charge is -2.10. The number of nitrogens with two attached hydrogens (primary N) is 1. The first-order valence-electron chi connectivity index (χ1n) is 8.26. The zero-order valence-electron chi connectivity index (χ0n) is 15.8. The largest absolute Gasteiger partial charge is 0.490 e. The Morgan fingerprint density at radius 2 is 1.42 bits per heavy atom. The quantitative estimate of drug-likeness (QED) is 0.264. The average molecular weight is 462 g/mol. The molecule has 0 heterocycles. The second-order valence-corrected chi connectivity index (χ2v) is 5.46. The molecule has 31 heavy (non-hydrogen) atoms. The van der Waals surface area contributed by atoms with Crippen molar-refractivity contribution < 1.29 is 55.7 Å². The van der Waals surface area contributed by atoms with Crippen molar-refractivity contribution in [3.05, 3.63) is 29.8 Å². The molecule has 1 aromatic rings. The van der Waals surface area contributed by atoms with Gasteiger partial charge in [0, 0.05) is 25.1 Å². The molecule has 14 heteroatoms. The van der Waals surface area contributed by atoms with Gasteiger partial charge in [-0.3, -0.25) is 4.79 Å². The van der Waals surface area contributed by atoms with Crippen LogP contribution in [0.2, 0.25) is 0 Å². The van der Waals surface area contributed by atoms with E-state index in [1.54, 1.807) is 0 Å². The minimum atomic E-state index is -5.08. The van der Waals surface area contributed by atoms with Gasteiger partial charge in [0.25, 0.3) is 0 Å². The number of halogens is 6. The average Bonchev–Trinajstić information content (AvgIpc) is 2.63. The Labute approximate surface area is 172 Å². The molecule has 0 saturated heterocycles. The number of primary amides is 1. The Morgan fingerprint density at radius 1 is 0.968 bits per heavy atom. The summed E-state index contributed by atoms with van der Waals surface area (Å²) in [5.41, 5.74) is 7.23. The lowest BCUT2D eigenvalue weighted by Crippen LogP contribution is -2.21. The molecule has 1 rings (SSSR count). The minimum Gasteiger partial charge on any atom is -0.475 e. The van der Waals surface area contributed by atoms with Gasteiger partial charge in [0.15, 0.2) is 0 Å². The normalized spacial score (nSPS) is 10.5. The summed E-state index contributed by atoms with van der Waals surface area (Å²) in [6, 6.07) is 7.82. The second-order valence-electron chi connectivity index (χ2n) is 5.46. The Hall–Kier alpha value is -3.32. The summed E-state index contributed by atoms with van der Waals surface area (Å²) in [5.74, 6) is -5.80.